The molecule has 0 saturated carbocycles. The number of nitrogens with zero attached hydrogens (tertiary/aromatic N) is 2. The number of benzene rings is 2. The van der Waals surface area contributed by atoms with Crippen LogP contribution in [-0.4, -0.2) is 4.92 Å². The molecular formula is C14H9FN2O3. The zero-order chi connectivity index (χ0) is 14.7. The fourth-order valence-corrected chi connectivity index (χ4v) is 1.61. The first-order chi connectivity index (χ1) is 9.51. The monoisotopic (exact) mass is 272 g/mol. The lowest BCUT2D eigenvalue weighted by Crippen LogP contribution is -1.94. The summed E-state index contributed by atoms with van der Waals surface area (Å²) in [4.78, 5) is 9.83. The topological polar surface area (TPSA) is 76.2 Å². The Bertz CT molecular complexity index is 723. The maximum Gasteiger partial charge on any atom is 0.272 e. The first-order valence-corrected chi connectivity index (χ1v) is 5.64. The molecule has 6 heteroatoms. The van der Waals surface area contributed by atoms with Crippen molar-refractivity contribution in [3.8, 4) is 17.6 Å². The van der Waals surface area contributed by atoms with E-state index in [9.17, 15) is 14.5 Å². The van der Waals surface area contributed by atoms with Crippen molar-refractivity contribution in [3.05, 3.63) is 63.5 Å². The normalized spacial score (nSPS) is 9.85. The van der Waals surface area contributed by atoms with Gasteiger partial charge in [0.15, 0.2) is 11.6 Å². The molecule has 0 aliphatic rings. The smallest absolute Gasteiger partial charge is 0.272 e. The molecule has 0 N–H and O–H groups in total. The van der Waals surface area contributed by atoms with Gasteiger partial charge in [0.05, 0.1) is 16.6 Å². The molecule has 2 aromatic rings. The number of nitro benzene ring substituents is 1. The van der Waals surface area contributed by atoms with Crippen molar-refractivity contribution in [3.63, 3.8) is 0 Å². The van der Waals surface area contributed by atoms with Gasteiger partial charge in [0.1, 0.15) is 11.8 Å². The van der Waals surface area contributed by atoms with Crippen LogP contribution in [0.1, 0.15) is 11.1 Å². The molecule has 2 aromatic carbocycles. The highest BCUT2D eigenvalue weighted by molar-refractivity contribution is 5.48. The second kappa shape index (κ2) is 5.36. The van der Waals surface area contributed by atoms with E-state index in [1.54, 1.807) is 25.1 Å². The van der Waals surface area contributed by atoms with E-state index in [0.717, 1.165) is 23.8 Å². The van der Waals surface area contributed by atoms with Gasteiger partial charge < -0.3 is 4.74 Å². The van der Waals surface area contributed by atoms with Gasteiger partial charge in [-0.3, -0.25) is 10.1 Å². The molecule has 0 fully saturated rings. The molecule has 0 aliphatic carbocycles. The van der Waals surface area contributed by atoms with Crippen molar-refractivity contribution in [1.82, 2.24) is 0 Å². The zero-order valence-corrected chi connectivity index (χ0v) is 10.5. The third kappa shape index (κ3) is 2.72. The Morgan fingerprint density at radius 3 is 2.60 bits per heavy atom. The zero-order valence-electron chi connectivity index (χ0n) is 10.5. The first kappa shape index (κ1) is 13.5. The van der Waals surface area contributed by atoms with E-state index in [4.69, 9.17) is 10.00 Å². The first-order valence-electron chi connectivity index (χ1n) is 5.64. The summed E-state index contributed by atoms with van der Waals surface area (Å²) in [5.74, 6) is -0.817. The van der Waals surface area contributed by atoms with Crippen LogP contribution >= 0.6 is 0 Å². The Morgan fingerprint density at radius 2 is 2.00 bits per heavy atom. The summed E-state index contributed by atoms with van der Waals surface area (Å²) in [6, 6.07) is 9.91. The maximum atomic E-state index is 13.7. The van der Waals surface area contributed by atoms with E-state index in [0.29, 0.717) is 0 Å². The third-order valence-electron chi connectivity index (χ3n) is 2.60. The van der Waals surface area contributed by atoms with Crippen LogP contribution in [0.15, 0.2) is 36.4 Å². The lowest BCUT2D eigenvalue weighted by molar-refractivity contribution is -0.385. The number of nitro groups is 1. The average Bonchev–Trinajstić information content (AvgIpc) is 2.41. The summed E-state index contributed by atoms with van der Waals surface area (Å²) < 4.78 is 19.0. The standard InChI is InChI=1S/C14H9FN2O3/c1-9-2-3-10(8-16)14(6-9)20-13-5-4-11(17(18)19)7-12(13)15/h2-7H,1H3. The molecule has 0 unspecified atom stereocenters. The molecule has 0 atom stereocenters. The molecule has 20 heavy (non-hydrogen) atoms. The number of ether oxygens (including phenoxy) is 1. The fourth-order valence-electron chi connectivity index (χ4n) is 1.61. The van der Waals surface area contributed by atoms with E-state index in [1.807, 2.05) is 6.07 Å². The predicted octanol–water partition coefficient (Wildman–Crippen LogP) is 3.71. The van der Waals surface area contributed by atoms with E-state index in [1.165, 1.54) is 0 Å². The number of hydrogen-bond acceptors (Lipinski definition) is 4. The quantitative estimate of drug-likeness (QED) is 0.630. The van der Waals surface area contributed by atoms with Crippen molar-refractivity contribution in [2.45, 2.75) is 6.92 Å². The minimum Gasteiger partial charge on any atom is -0.453 e. The Hall–Kier alpha value is -2.94. The third-order valence-corrected chi connectivity index (χ3v) is 2.60. The van der Waals surface area contributed by atoms with E-state index >= 15 is 0 Å². The van der Waals surface area contributed by atoms with Crippen LogP contribution in [0.25, 0.3) is 0 Å². The average molecular weight is 272 g/mol. The van der Waals surface area contributed by atoms with Crippen molar-refractivity contribution in [1.29, 1.82) is 5.26 Å². The van der Waals surface area contributed by atoms with Gasteiger partial charge in [0, 0.05) is 6.07 Å². The van der Waals surface area contributed by atoms with Gasteiger partial charge in [-0.05, 0) is 30.7 Å². The predicted molar refractivity (Wildman–Crippen MR) is 69.0 cm³/mol. The maximum absolute atomic E-state index is 13.7. The molecule has 0 aliphatic heterocycles. The summed E-state index contributed by atoms with van der Waals surface area (Å²) >= 11 is 0. The Kier molecular flexibility index (Phi) is 3.62. The highest BCUT2D eigenvalue weighted by Crippen LogP contribution is 2.30. The van der Waals surface area contributed by atoms with Crippen molar-refractivity contribution in [2.24, 2.45) is 0 Å². The number of halogens is 1. The van der Waals surface area contributed by atoms with Crippen molar-refractivity contribution < 1.29 is 14.1 Å². The van der Waals surface area contributed by atoms with Gasteiger partial charge >= 0.3 is 0 Å². The molecule has 100 valence electrons. The molecule has 0 radical (unpaired) electrons. The second-order valence-electron chi connectivity index (χ2n) is 4.09. The second-order valence-corrected chi connectivity index (χ2v) is 4.09. The van der Waals surface area contributed by atoms with Gasteiger partial charge in [0.25, 0.3) is 5.69 Å². The van der Waals surface area contributed by atoms with Crippen LogP contribution in [0, 0.1) is 34.2 Å². The number of hydrogen-bond donors (Lipinski definition) is 0. The van der Waals surface area contributed by atoms with Gasteiger partial charge in [-0.15, -0.1) is 0 Å². The van der Waals surface area contributed by atoms with Crippen molar-refractivity contribution in [2.75, 3.05) is 0 Å². The molecule has 2 rings (SSSR count). The van der Waals surface area contributed by atoms with Gasteiger partial charge in [-0.25, -0.2) is 4.39 Å². The summed E-state index contributed by atoms with van der Waals surface area (Å²) in [5, 5.41) is 19.5. The molecular weight excluding hydrogens is 263 g/mol. The molecule has 0 aromatic heterocycles. The molecule has 5 nitrogen and oxygen atoms in total. The van der Waals surface area contributed by atoms with E-state index in [-0.39, 0.29) is 22.7 Å². The van der Waals surface area contributed by atoms with Gasteiger partial charge in [-0.1, -0.05) is 6.07 Å². The summed E-state index contributed by atoms with van der Waals surface area (Å²) in [5.41, 5.74) is 0.745. The largest absolute Gasteiger partial charge is 0.453 e. The Balaban J connectivity index is 2.38. The fraction of sp³-hybridized carbons (Fsp3) is 0.0714. The van der Waals surface area contributed by atoms with Crippen LogP contribution in [-0.2, 0) is 0 Å². The lowest BCUT2D eigenvalue weighted by Gasteiger charge is -2.08. The SMILES string of the molecule is Cc1ccc(C#N)c(Oc2ccc([N+](=O)[O-])cc2F)c1. The summed E-state index contributed by atoms with van der Waals surface area (Å²) in [6.07, 6.45) is 0. The van der Waals surface area contributed by atoms with Gasteiger partial charge in [0.2, 0.25) is 0 Å². The molecule has 0 heterocycles. The molecule has 0 bridgehead atoms. The van der Waals surface area contributed by atoms with Crippen LogP contribution in [0.4, 0.5) is 10.1 Å². The van der Waals surface area contributed by atoms with Gasteiger partial charge in [-0.2, -0.15) is 5.26 Å². The van der Waals surface area contributed by atoms with E-state index < -0.39 is 10.7 Å². The number of rotatable bonds is 3. The summed E-state index contributed by atoms with van der Waals surface area (Å²) in [6.45, 7) is 1.81. The minimum atomic E-state index is -0.857. The van der Waals surface area contributed by atoms with E-state index in [2.05, 4.69) is 0 Å². The lowest BCUT2D eigenvalue weighted by atomic mass is 10.1. The van der Waals surface area contributed by atoms with Crippen molar-refractivity contribution >= 4 is 5.69 Å². The highest BCUT2D eigenvalue weighted by Gasteiger charge is 2.13. The van der Waals surface area contributed by atoms with Crippen LogP contribution in [0.5, 0.6) is 11.5 Å². The molecule has 0 saturated heterocycles. The Morgan fingerprint density at radius 1 is 1.25 bits per heavy atom. The Labute approximate surface area is 114 Å². The number of nitriles is 1. The highest BCUT2D eigenvalue weighted by atomic mass is 19.1. The number of non-ortho nitro benzene ring substituents is 1. The number of aryl methyl sites for hydroxylation is 1. The van der Waals surface area contributed by atoms with Crippen LogP contribution in [0.2, 0.25) is 0 Å². The van der Waals surface area contributed by atoms with Crippen LogP contribution in [0.3, 0.4) is 0 Å². The molecule has 0 spiro atoms. The summed E-state index contributed by atoms with van der Waals surface area (Å²) in [7, 11) is 0. The van der Waals surface area contributed by atoms with Crippen LogP contribution < -0.4 is 4.74 Å². The minimum absolute atomic E-state index is 0.169. The molecule has 0 amide bonds.